The first kappa shape index (κ1) is 22.6. The van der Waals surface area contributed by atoms with Crippen LogP contribution in [0.2, 0.25) is 0 Å². The first-order chi connectivity index (χ1) is 12.5. The molecular weight excluding hydrogens is 417 g/mol. The molecule has 1 atom stereocenters. The standard InChI is InChI=1S/C19H23N5OS.2ClH/c1-11(2)24-18-14(9-22-24)13(8-16(23-18)17-4-3-7-26-17)19(25)21-10-15(20)12-5-6-12;;/h3-4,7-9,11-12,15H,5-6,10,20H2,1-2H3,(H,21,25);2*1H. The Kier molecular flexibility index (Phi) is 7.45. The van der Waals surface area contributed by atoms with Crippen molar-refractivity contribution in [3.8, 4) is 10.6 Å². The molecule has 9 heteroatoms. The molecule has 1 fully saturated rings. The van der Waals surface area contributed by atoms with Crippen LogP contribution in [0.4, 0.5) is 0 Å². The molecule has 1 unspecified atom stereocenters. The van der Waals surface area contributed by atoms with Gasteiger partial charge in [0, 0.05) is 18.6 Å². The number of thiophene rings is 1. The minimum atomic E-state index is -0.116. The molecule has 0 saturated heterocycles. The zero-order valence-electron chi connectivity index (χ0n) is 15.8. The van der Waals surface area contributed by atoms with Crippen LogP contribution < -0.4 is 11.1 Å². The maximum atomic E-state index is 12.9. The maximum absolute atomic E-state index is 12.9. The van der Waals surface area contributed by atoms with Crippen LogP contribution in [-0.4, -0.2) is 33.3 Å². The minimum absolute atomic E-state index is 0. The first-order valence-corrected chi connectivity index (χ1v) is 9.88. The average Bonchev–Trinajstić information content (AvgIpc) is 3.16. The smallest absolute Gasteiger partial charge is 0.252 e. The molecule has 4 rings (SSSR count). The van der Waals surface area contributed by atoms with Gasteiger partial charge < -0.3 is 11.1 Å². The number of halogens is 2. The van der Waals surface area contributed by atoms with Crippen LogP contribution in [0.25, 0.3) is 21.6 Å². The molecule has 6 nitrogen and oxygen atoms in total. The van der Waals surface area contributed by atoms with Gasteiger partial charge in [0.05, 0.1) is 27.7 Å². The second-order valence-electron chi connectivity index (χ2n) is 7.16. The van der Waals surface area contributed by atoms with Crippen LogP contribution in [0.1, 0.15) is 43.1 Å². The van der Waals surface area contributed by atoms with E-state index in [-0.39, 0.29) is 42.8 Å². The Bertz CT molecular complexity index is 937. The second kappa shape index (κ2) is 9.22. The van der Waals surface area contributed by atoms with Crippen LogP contribution in [-0.2, 0) is 0 Å². The van der Waals surface area contributed by atoms with Gasteiger partial charge in [0.1, 0.15) is 0 Å². The number of nitrogens with one attached hydrogen (secondary N) is 1. The van der Waals surface area contributed by atoms with Crippen molar-refractivity contribution in [3.05, 3.63) is 35.3 Å². The van der Waals surface area contributed by atoms with E-state index >= 15 is 0 Å². The molecule has 1 aliphatic rings. The van der Waals surface area contributed by atoms with E-state index in [1.807, 2.05) is 28.3 Å². The average molecular weight is 442 g/mol. The van der Waals surface area contributed by atoms with Crippen molar-refractivity contribution in [3.63, 3.8) is 0 Å². The Balaban J connectivity index is 0.00000140. The predicted molar refractivity (Wildman–Crippen MR) is 119 cm³/mol. The lowest BCUT2D eigenvalue weighted by Gasteiger charge is -2.13. The Morgan fingerprint density at radius 1 is 1.39 bits per heavy atom. The van der Waals surface area contributed by atoms with E-state index in [0.717, 1.165) is 21.6 Å². The summed E-state index contributed by atoms with van der Waals surface area (Å²) in [6, 6.07) is 6.06. The summed E-state index contributed by atoms with van der Waals surface area (Å²) >= 11 is 1.61. The van der Waals surface area contributed by atoms with Crippen LogP contribution in [0.5, 0.6) is 0 Å². The van der Waals surface area contributed by atoms with Gasteiger partial charge in [-0.25, -0.2) is 9.67 Å². The number of carbonyl (C=O) groups excluding carboxylic acids is 1. The highest BCUT2D eigenvalue weighted by atomic mass is 35.5. The quantitative estimate of drug-likeness (QED) is 0.603. The number of amides is 1. The number of pyridine rings is 1. The first-order valence-electron chi connectivity index (χ1n) is 9.00. The molecule has 0 aliphatic heterocycles. The van der Waals surface area contributed by atoms with Gasteiger partial charge in [-0.15, -0.1) is 36.2 Å². The molecule has 0 aromatic carbocycles. The highest BCUT2D eigenvalue weighted by Gasteiger charge is 2.29. The summed E-state index contributed by atoms with van der Waals surface area (Å²) in [6.07, 6.45) is 4.07. The van der Waals surface area contributed by atoms with Crippen LogP contribution in [0.3, 0.4) is 0 Å². The van der Waals surface area contributed by atoms with Crippen molar-refractivity contribution in [2.75, 3.05) is 6.54 Å². The molecule has 3 aromatic rings. The largest absolute Gasteiger partial charge is 0.350 e. The number of rotatable bonds is 6. The molecule has 28 heavy (non-hydrogen) atoms. The molecular formula is C19H25Cl2N5OS. The monoisotopic (exact) mass is 441 g/mol. The predicted octanol–water partition coefficient (Wildman–Crippen LogP) is 4.05. The second-order valence-corrected chi connectivity index (χ2v) is 8.11. The van der Waals surface area contributed by atoms with Gasteiger partial charge in [-0.3, -0.25) is 4.79 Å². The molecule has 1 saturated carbocycles. The van der Waals surface area contributed by atoms with Gasteiger partial charge >= 0.3 is 0 Å². The molecule has 3 heterocycles. The molecule has 1 aliphatic carbocycles. The van der Waals surface area contributed by atoms with Gasteiger partial charge in [-0.1, -0.05) is 6.07 Å². The van der Waals surface area contributed by atoms with Crippen molar-refractivity contribution < 1.29 is 4.79 Å². The Morgan fingerprint density at radius 3 is 2.75 bits per heavy atom. The third kappa shape index (κ3) is 4.49. The van der Waals surface area contributed by atoms with Crippen molar-refractivity contribution in [2.24, 2.45) is 11.7 Å². The molecule has 3 N–H and O–H groups in total. The summed E-state index contributed by atoms with van der Waals surface area (Å²) in [6.45, 7) is 4.61. The summed E-state index contributed by atoms with van der Waals surface area (Å²) in [7, 11) is 0. The van der Waals surface area contributed by atoms with Crippen molar-refractivity contribution >= 4 is 53.1 Å². The zero-order chi connectivity index (χ0) is 18.3. The van der Waals surface area contributed by atoms with Gasteiger partial charge in [-0.05, 0) is 50.1 Å². The summed E-state index contributed by atoms with van der Waals surface area (Å²) in [5, 5.41) is 10.2. The lowest BCUT2D eigenvalue weighted by atomic mass is 10.1. The highest BCUT2D eigenvalue weighted by molar-refractivity contribution is 7.13. The van der Waals surface area contributed by atoms with Crippen molar-refractivity contribution in [1.82, 2.24) is 20.1 Å². The van der Waals surface area contributed by atoms with Gasteiger partial charge in [0.2, 0.25) is 0 Å². The summed E-state index contributed by atoms with van der Waals surface area (Å²) in [5.74, 6) is 0.438. The summed E-state index contributed by atoms with van der Waals surface area (Å²) < 4.78 is 1.86. The van der Waals surface area contributed by atoms with E-state index in [9.17, 15) is 4.79 Å². The van der Waals surface area contributed by atoms with E-state index in [1.165, 1.54) is 12.8 Å². The number of fused-ring (bicyclic) bond motifs is 1. The van der Waals surface area contributed by atoms with Gasteiger partial charge in [-0.2, -0.15) is 5.10 Å². The van der Waals surface area contributed by atoms with E-state index in [4.69, 9.17) is 10.7 Å². The molecule has 1 amide bonds. The Hall–Kier alpha value is -1.67. The number of hydrogen-bond donors (Lipinski definition) is 2. The third-order valence-electron chi connectivity index (χ3n) is 4.80. The molecule has 152 valence electrons. The Morgan fingerprint density at radius 2 is 2.14 bits per heavy atom. The third-order valence-corrected chi connectivity index (χ3v) is 5.69. The zero-order valence-corrected chi connectivity index (χ0v) is 18.2. The van der Waals surface area contributed by atoms with Gasteiger partial charge in [0.15, 0.2) is 5.65 Å². The normalized spacial score (nSPS) is 14.4. The number of nitrogens with two attached hydrogens (primary N) is 1. The summed E-state index contributed by atoms with van der Waals surface area (Å²) in [5.41, 5.74) is 8.27. The van der Waals surface area contributed by atoms with E-state index < -0.39 is 0 Å². The number of aromatic nitrogens is 3. The van der Waals surface area contributed by atoms with Crippen molar-refractivity contribution in [2.45, 2.75) is 38.8 Å². The fraction of sp³-hybridized carbons (Fsp3) is 0.421. The number of hydrogen-bond acceptors (Lipinski definition) is 5. The van der Waals surface area contributed by atoms with Crippen LogP contribution in [0.15, 0.2) is 29.8 Å². The van der Waals surface area contributed by atoms with Gasteiger partial charge in [0.25, 0.3) is 5.91 Å². The summed E-state index contributed by atoms with van der Waals surface area (Å²) in [4.78, 5) is 18.7. The SMILES string of the molecule is CC(C)n1ncc2c(C(=O)NCC(N)C3CC3)cc(-c3cccs3)nc21.Cl.Cl. The lowest BCUT2D eigenvalue weighted by Crippen LogP contribution is -2.38. The van der Waals surface area contributed by atoms with E-state index in [2.05, 4.69) is 24.3 Å². The molecule has 3 aromatic heterocycles. The molecule has 0 spiro atoms. The molecule has 0 radical (unpaired) electrons. The highest BCUT2D eigenvalue weighted by Crippen LogP contribution is 2.31. The van der Waals surface area contributed by atoms with E-state index in [0.29, 0.717) is 18.0 Å². The van der Waals surface area contributed by atoms with Crippen LogP contribution >= 0.6 is 36.2 Å². The number of carbonyl (C=O) groups is 1. The van der Waals surface area contributed by atoms with Crippen molar-refractivity contribution in [1.29, 1.82) is 0 Å². The molecule has 0 bridgehead atoms. The number of nitrogens with zero attached hydrogens (tertiary/aromatic N) is 3. The fourth-order valence-electron chi connectivity index (χ4n) is 3.13. The van der Waals surface area contributed by atoms with E-state index in [1.54, 1.807) is 17.5 Å². The Labute approximate surface area is 180 Å². The fourth-order valence-corrected chi connectivity index (χ4v) is 3.82. The minimum Gasteiger partial charge on any atom is -0.350 e. The van der Waals surface area contributed by atoms with Crippen LogP contribution in [0, 0.1) is 5.92 Å². The maximum Gasteiger partial charge on any atom is 0.252 e. The topological polar surface area (TPSA) is 85.8 Å². The lowest BCUT2D eigenvalue weighted by molar-refractivity contribution is 0.0952.